The molecule has 1 aliphatic carbocycles. The minimum atomic E-state index is -0.477. The maximum atomic E-state index is 13.2. The van der Waals surface area contributed by atoms with Gasteiger partial charge in [0, 0.05) is 37.1 Å². The number of Topliss-reactive ketones (excluding diaryl/α,β-unsaturated/α-hetero) is 1. The van der Waals surface area contributed by atoms with Crippen molar-refractivity contribution >= 4 is 11.9 Å². The van der Waals surface area contributed by atoms with Crippen LogP contribution in [0.15, 0.2) is 48.5 Å². The van der Waals surface area contributed by atoms with Crippen molar-refractivity contribution in [3.63, 3.8) is 0 Å². The predicted molar refractivity (Wildman–Crippen MR) is 133 cm³/mol. The highest BCUT2D eigenvalue weighted by Crippen LogP contribution is 2.45. The van der Waals surface area contributed by atoms with E-state index in [-0.39, 0.29) is 42.2 Å². The van der Waals surface area contributed by atoms with Crippen LogP contribution in [0.3, 0.4) is 0 Å². The Labute approximate surface area is 207 Å². The van der Waals surface area contributed by atoms with Crippen LogP contribution in [0.1, 0.15) is 63.0 Å². The molecule has 0 saturated carbocycles. The van der Waals surface area contributed by atoms with Crippen molar-refractivity contribution in [1.29, 1.82) is 0 Å². The molecule has 0 N–H and O–H groups in total. The first kappa shape index (κ1) is 24.0. The largest absolute Gasteiger partial charge is 0.448 e. The molecule has 2 saturated heterocycles. The Morgan fingerprint density at radius 2 is 1.43 bits per heavy atom. The van der Waals surface area contributed by atoms with E-state index in [1.165, 1.54) is 22.3 Å². The Hall–Kier alpha value is -2.70. The maximum absolute atomic E-state index is 13.2. The zero-order chi connectivity index (χ0) is 24.4. The van der Waals surface area contributed by atoms with Crippen molar-refractivity contribution in [2.24, 2.45) is 5.92 Å². The topological polar surface area (TPSA) is 65.1 Å². The summed E-state index contributed by atoms with van der Waals surface area (Å²) in [5.74, 6) is 0.187. The van der Waals surface area contributed by atoms with Gasteiger partial charge in [-0.05, 0) is 61.8 Å². The summed E-state index contributed by atoms with van der Waals surface area (Å²) in [6, 6.07) is 16.9. The normalized spacial score (nSPS) is 22.8. The summed E-state index contributed by atoms with van der Waals surface area (Å²) in [4.78, 5) is 28.2. The zero-order valence-electron chi connectivity index (χ0n) is 20.7. The number of nitrogens with zero attached hydrogens (tertiary/aromatic N) is 1. The molecule has 2 aliphatic heterocycles. The molecule has 6 heteroatoms. The van der Waals surface area contributed by atoms with Gasteiger partial charge in [0.1, 0.15) is 12.4 Å². The Balaban J connectivity index is 1.21. The summed E-state index contributed by atoms with van der Waals surface area (Å²) >= 11 is 0. The van der Waals surface area contributed by atoms with Crippen molar-refractivity contribution in [3.05, 3.63) is 59.7 Å². The van der Waals surface area contributed by atoms with Crippen molar-refractivity contribution in [2.75, 3.05) is 19.8 Å². The lowest BCUT2D eigenvalue weighted by atomic mass is 9.86. The lowest BCUT2D eigenvalue weighted by molar-refractivity contribution is -0.155. The molecular formula is C29H35NO5. The maximum Gasteiger partial charge on any atom is 0.410 e. The molecule has 35 heavy (non-hydrogen) atoms. The summed E-state index contributed by atoms with van der Waals surface area (Å²) in [6.45, 7) is 5.18. The molecule has 2 bridgehead atoms. The second-order valence-corrected chi connectivity index (χ2v) is 9.78. The van der Waals surface area contributed by atoms with E-state index >= 15 is 0 Å². The van der Waals surface area contributed by atoms with Gasteiger partial charge in [-0.1, -0.05) is 48.5 Å². The van der Waals surface area contributed by atoms with Gasteiger partial charge in [0.05, 0.1) is 6.42 Å². The molecular weight excluding hydrogens is 442 g/mol. The lowest BCUT2D eigenvalue weighted by Gasteiger charge is -2.38. The number of fused-ring (bicyclic) bond motifs is 5. The van der Waals surface area contributed by atoms with Crippen LogP contribution in [-0.4, -0.2) is 55.0 Å². The van der Waals surface area contributed by atoms with Crippen LogP contribution < -0.4 is 0 Å². The number of carbonyl (C=O) groups excluding carboxylic acids is 2. The Morgan fingerprint density at radius 3 is 1.97 bits per heavy atom. The summed E-state index contributed by atoms with van der Waals surface area (Å²) in [5, 5.41) is 0. The monoisotopic (exact) mass is 477 g/mol. The van der Waals surface area contributed by atoms with E-state index in [9.17, 15) is 9.59 Å². The van der Waals surface area contributed by atoms with E-state index in [0.29, 0.717) is 32.7 Å². The van der Waals surface area contributed by atoms with Gasteiger partial charge in [-0.3, -0.25) is 4.79 Å². The van der Waals surface area contributed by atoms with Crippen molar-refractivity contribution in [2.45, 2.75) is 70.2 Å². The number of hydrogen-bond donors (Lipinski definition) is 0. The second-order valence-electron chi connectivity index (χ2n) is 9.78. The van der Waals surface area contributed by atoms with Crippen LogP contribution in [-0.2, 0) is 19.0 Å². The average molecular weight is 478 g/mol. The van der Waals surface area contributed by atoms with E-state index in [1.807, 2.05) is 30.9 Å². The molecule has 2 atom stereocenters. The van der Waals surface area contributed by atoms with Crippen LogP contribution in [0.4, 0.5) is 4.79 Å². The van der Waals surface area contributed by atoms with Crippen LogP contribution in [0.25, 0.3) is 11.1 Å². The highest BCUT2D eigenvalue weighted by atomic mass is 16.7. The second kappa shape index (κ2) is 10.5. The number of carbonyl (C=O) groups is 2. The van der Waals surface area contributed by atoms with E-state index in [2.05, 4.69) is 36.4 Å². The SMILES string of the molecule is CCOC(CC(=O)C1CC2CCC(C1)N2C(=O)OCC1c2ccccc2-c2ccccc21)OCC. The number of benzene rings is 2. The molecule has 0 spiro atoms. The summed E-state index contributed by atoms with van der Waals surface area (Å²) in [5.41, 5.74) is 4.88. The molecule has 2 fully saturated rings. The van der Waals surface area contributed by atoms with Crippen LogP contribution in [0, 0.1) is 5.92 Å². The first-order valence-electron chi connectivity index (χ1n) is 13.0. The van der Waals surface area contributed by atoms with Gasteiger partial charge in [-0.15, -0.1) is 0 Å². The fraction of sp³-hybridized carbons (Fsp3) is 0.517. The molecule has 6 nitrogen and oxygen atoms in total. The fourth-order valence-electron chi connectivity index (χ4n) is 6.28. The van der Waals surface area contributed by atoms with Crippen molar-refractivity contribution < 1.29 is 23.8 Å². The lowest BCUT2D eigenvalue weighted by Crippen LogP contribution is -2.48. The summed E-state index contributed by atoms with van der Waals surface area (Å²) in [6.07, 6.45) is 2.81. The number of amides is 1. The molecule has 3 aliphatic rings. The highest BCUT2D eigenvalue weighted by molar-refractivity contribution is 5.82. The van der Waals surface area contributed by atoms with Crippen LogP contribution in [0.2, 0.25) is 0 Å². The molecule has 0 radical (unpaired) electrons. The number of piperidine rings is 1. The molecule has 0 aromatic heterocycles. The van der Waals surface area contributed by atoms with E-state index in [1.54, 1.807) is 0 Å². The Kier molecular flexibility index (Phi) is 7.21. The molecule has 1 amide bonds. The van der Waals surface area contributed by atoms with Crippen molar-refractivity contribution in [1.82, 2.24) is 4.90 Å². The van der Waals surface area contributed by atoms with Gasteiger partial charge in [-0.2, -0.15) is 0 Å². The zero-order valence-corrected chi connectivity index (χ0v) is 20.7. The number of hydrogen-bond acceptors (Lipinski definition) is 5. The fourth-order valence-corrected chi connectivity index (χ4v) is 6.28. The highest BCUT2D eigenvalue weighted by Gasteiger charge is 2.46. The molecule has 2 unspecified atom stereocenters. The molecule has 2 aromatic rings. The van der Waals surface area contributed by atoms with Gasteiger partial charge >= 0.3 is 6.09 Å². The number of ketones is 1. The van der Waals surface area contributed by atoms with Crippen molar-refractivity contribution in [3.8, 4) is 11.1 Å². The number of rotatable bonds is 9. The molecule has 5 rings (SSSR count). The molecule has 2 aromatic carbocycles. The number of ether oxygens (including phenoxy) is 3. The first-order valence-corrected chi connectivity index (χ1v) is 13.0. The minimum absolute atomic E-state index is 0.0476. The summed E-state index contributed by atoms with van der Waals surface area (Å²) in [7, 11) is 0. The van der Waals surface area contributed by atoms with Crippen LogP contribution >= 0.6 is 0 Å². The van der Waals surface area contributed by atoms with Gasteiger partial charge in [0.2, 0.25) is 0 Å². The third-order valence-electron chi connectivity index (χ3n) is 7.81. The van der Waals surface area contributed by atoms with Gasteiger partial charge < -0.3 is 19.1 Å². The quantitative estimate of drug-likeness (QED) is 0.444. The predicted octanol–water partition coefficient (Wildman–Crippen LogP) is 5.54. The Bertz CT molecular complexity index is 1000. The average Bonchev–Trinajstić information content (AvgIpc) is 3.33. The van der Waals surface area contributed by atoms with E-state index in [4.69, 9.17) is 14.2 Å². The Morgan fingerprint density at radius 1 is 0.886 bits per heavy atom. The molecule has 2 heterocycles. The third kappa shape index (κ3) is 4.74. The van der Waals surface area contributed by atoms with E-state index < -0.39 is 6.29 Å². The van der Waals surface area contributed by atoms with E-state index in [0.717, 1.165) is 12.8 Å². The molecule has 186 valence electrons. The summed E-state index contributed by atoms with van der Waals surface area (Å²) < 4.78 is 17.1. The van der Waals surface area contributed by atoms with Gasteiger partial charge in [-0.25, -0.2) is 4.79 Å². The van der Waals surface area contributed by atoms with Crippen LogP contribution in [0.5, 0.6) is 0 Å². The standard InChI is InChI=1S/C29H35NO5/c1-3-33-28(34-4-2)17-27(31)19-15-20-13-14-21(16-19)30(20)29(32)35-18-26-24-11-7-5-9-22(24)23-10-6-8-12-25(23)26/h5-12,19-21,26,28H,3-4,13-18H2,1-2H3. The smallest absolute Gasteiger partial charge is 0.410 e. The minimum Gasteiger partial charge on any atom is -0.448 e. The van der Waals surface area contributed by atoms with Gasteiger partial charge in [0.25, 0.3) is 0 Å². The first-order chi connectivity index (χ1) is 17.1. The van der Waals surface area contributed by atoms with Gasteiger partial charge in [0.15, 0.2) is 6.29 Å². The third-order valence-corrected chi connectivity index (χ3v) is 7.81.